The fourth-order valence-electron chi connectivity index (χ4n) is 1.10. The van der Waals surface area contributed by atoms with Crippen molar-refractivity contribution in [2.24, 2.45) is 0 Å². The van der Waals surface area contributed by atoms with Crippen LogP contribution in [0.5, 0.6) is 5.06 Å². The van der Waals surface area contributed by atoms with Gasteiger partial charge in [-0.3, -0.25) is 0 Å². The number of nitrogens with zero attached hydrogens (tertiary/aromatic N) is 1. The zero-order chi connectivity index (χ0) is 8.97. The zero-order valence-electron chi connectivity index (χ0n) is 7.58. The van der Waals surface area contributed by atoms with E-state index >= 15 is 0 Å². The Labute approximate surface area is 84.8 Å². The van der Waals surface area contributed by atoms with E-state index in [1.807, 2.05) is 11.4 Å². The third kappa shape index (κ3) is 4.29. The van der Waals surface area contributed by atoms with Crippen LogP contribution in [0.1, 0.15) is 19.4 Å². The predicted molar refractivity (Wildman–Crippen MR) is 59.6 cm³/mol. The van der Waals surface area contributed by atoms with Crippen molar-refractivity contribution in [3.63, 3.8) is 0 Å². The lowest BCUT2D eigenvalue weighted by molar-refractivity contribution is 0.398. The minimum Gasteiger partial charge on any atom is -0.499 e. The summed E-state index contributed by atoms with van der Waals surface area (Å²) in [6.45, 7) is 1.08. The molecule has 3 heteroatoms. The molecule has 76 valence electrons. The average Bonchev–Trinajstić information content (AvgIpc) is 2.36. The minimum absolute atomic E-state index is 0. The first-order valence-corrected chi connectivity index (χ1v) is 4.98. The van der Waals surface area contributed by atoms with E-state index in [0.29, 0.717) is 5.06 Å². The lowest BCUT2D eigenvalue weighted by atomic mass is 10.2. The molecule has 0 saturated heterocycles. The number of thiophene rings is 1. The van der Waals surface area contributed by atoms with Crippen LogP contribution < -0.4 is 0 Å². The molecule has 0 aromatic carbocycles. The number of aryl methyl sites for hydroxylation is 1. The molecule has 0 unspecified atom stereocenters. The number of hydrogen-bond acceptors (Lipinski definition) is 3. The van der Waals surface area contributed by atoms with Crippen LogP contribution in [0, 0.1) is 0 Å². The SMILES string of the molecule is C.CN(C)CCCc1ccsc1O. The van der Waals surface area contributed by atoms with Gasteiger partial charge in [0.05, 0.1) is 0 Å². The molecule has 13 heavy (non-hydrogen) atoms. The summed E-state index contributed by atoms with van der Waals surface area (Å²) in [5, 5.41) is 11.7. The molecule has 0 fully saturated rings. The van der Waals surface area contributed by atoms with Gasteiger partial charge in [0.15, 0.2) is 5.06 Å². The van der Waals surface area contributed by atoms with Gasteiger partial charge in [-0.25, -0.2) is 0 Å². The van der Waals surface area contributed by atoms with Crippen LogP contribution in [0.3, 0.4) is 0 Å². The van der Waals surface area contributed by atoms with E-state index in [-0.39, 0.29) is 7.43 Å². The Balaban J connectivity index is 0.00000144. The fraction of sp³-hybridized carbons (Fsp3) is 0.600. The van der Waals surface area contributed by atoms with Gasteiger partial charge in [0.2, 0.25) is 0 Å². The second-order valence-corrected chi connectivity index (χ2v) is 4.05. The van der Waals surface area contributed by atoms with Gasteiger partial charge in [-0.15, -0.1) is 11.3 Å². The van der Waals surface area contributed by atoms with Crippen LogP contribution in [-0.4, -0.2) is 30.6 Å². The van der Waals surface area contributed by atoms with Gasteiger partial charge < -0.3 is 10.0 Å². The van der Waals surface area contributed by atoms with E-state index in [0.717, 1.165) is 24.9 Å². The highest BCUT2D eigenvalue weighted by Crippen LogP contribution is 2.24. The van der Waals surface area contributed by atoms with Crippen molar-refractivity contribution in [1.29, 1.82) is 0 Å². The second-order valence-electron chi connectivity index (χ2n) is 3.16. The van der Waals surface area contributed by atoms with Crippen LogP contribution in [0.15, 0.2) is 11.4 Å². The van der Waals surface area contributed by atoms with Crippen molar-refractivity contribution in [2.75, 3.05) is 20.6 Å². The van der Waals surface area contributed by atoms with E-state index in [1.54, 1.807) is 0 Å². The van der Waals surface area contributed by atoms with Crippen molar-refractivity contribution in [3.05, 3.63) is 17.0 Å². The van der Waals surface area contributed by atoms with Gasteiger partial charge in [0.1, 0.15) is 0 Å². The third-order valence-electron chi connectivity index (χ3n) is 1.78. The zero-order valence-corrected chi connectivity index (χ0v) is 8.40. The molecule has 0 spiro atoms. The highest BCUT2D eigenvalue weighted by atomic mass is 32.1. The Hall–Kier alpha value is -0.540. The summed E-state index contributed by atoms with van der Waals surface area (Å²) in [5.41, 5.74) is 1.09. The van der Waals surface area contributed by atoms with Crippen molar-refractivity contribution in [2.45, 2.75) is 20.3 Å². The highest BCUT2D eigenvalue weighted by Gasteiger charge is 2.01. The first-order chi connectivity index (χ1) is 5.70. The molecule has 1 aromatic rings. The summed E-state index contributed by atoms with van der Waals surface area (Å²) >= 11 is 1.41. The quantitative estimate of drug-likeness (QED) is 0.809. The second kappa shape index (κ2) is 6.00. The van der Waals surface area contributed by atoms with Gasteiger partial charge in [0.25, 0.3) is 0 Å². The minimum atomic E-state index is 0. The fourth-order valence-corrected chi connectivity index (χ4v) is 1.79. The summed E-state index contributed by atoms with van der Waals surface area (Å²) in [4.78, 5) is 2.16. The van der Waals surface area contributed by atoms with Gasteiger partial charge in [-0.05, 0) is 44.9 Å². The molecule has 1 N–H and O–H groups in total. The summed E-state index contributed by atoms with van der Waals surface area (Å²) < 4.78 is 0. The normalized spacial score (nSPS) is 10.1. The van der Waals surface area contributed by atoms with Gasteiger partial charge in [-0.2, -0.15) is 0 Å². The molecular weight excluding hydrogens is 182 g/mol. The van der Waals surface area contributed by atoms with E-state index in [9.17, 15) is 5.11 Å². The smallest absolute Gasteiger partial charge is 0.174 e. The molecule has 2 nitrogen and oxygen atoms in total. The molecule has 0 aliphatic carbocycles. The summed E-state index contributed by atoms with van der Waals surface area (Å²) in [7, 11) is 4.13. The topological polar surface area (TPSA) is 23.5 Å². The molecule has 1 rings (SSSR count). The van der Waals surface area contributed by atoms with Crippen LogP contribution in [0.25, 0.3) is 0 Å². The molecule has 1 heterocycles. The molecular formula is C10H19NOS. The van der Waals surface area contributed by atoms with Crippen molar-refractivity contribution in [1.82, 2.24) is 4.90 Å². The lowest BCUT2D eigenvalue weighted by Gasteiger charge is -2.07. The molecule has 0 amide bonds. The summed E-state index contributed by atoms with van der Waals surface area (Å²) in [6.07, 6.45) is 2.09. The Kier molecular flexibility index (Phi) is 5.75. The van der Waals surface area contributed by atoms with Crippen molar-refractivity contribution < 1.29 is 5.11 Å². The van der Waals surface area contributed by atoms with Gasteiger partial charge >= 0.3 is 0 Å². The van der Waals surface area contributed by atoms with Crippen LogP contribution in [-0.2, 0) is 6.42 Å². The van der Waals surface area contributed by atoms with Crippen LogP contribution >= 0.6 is 11.3 Å². The van der Waals surface area contributed by atoms with E-state index in [1.165, 1.54) is 11.3 Å². The molecule has 0 bridgehead atoms. The number of hydrogen-bond donors (Lipinski definition) is 1. The Morgan fingerprint density at radius 2 is 2.15 bits per heavy atom. The Bertz CT molecular complexity index is 233. The molecule has 0 aliphatic heterocycles. The molecule has 0 saturated carbocycles. The highest BCUT2D eigenvalue weighted by molar-refractivity contribution is 7.11. The molecule has 0 radical (unpaired) electrons. The molecule has 0 atom stereocenters. The molecule has 0 aliphatic rings. The maximum atomic E-state index is 9.32. The van der Waals surface area contributed by atoms with Gasteiger partial charge in [0, 0.05) is 5.56 Å². The van der Waals surface area contributed by atoms with E-state index in [2.05, 4.69) is 19.0 Å². The Morgan fingerprint density at radius 1 is 1.46 bits per heavy atom. The average molecular weight is 201 g/mol. The van der Waals surface area contributed by atoms with Crippen LogP contribution in [0.2, 0.25) is 0 Å². The predicted octanol–water partition coefficient (Wildman–Crippen LogP) is 2.58. The maximum Gasteiger partial charge on any atom is 0.174 e. The largest absolute Gasteiger partial charge is 0.499 e. The van der Waals surface area contributed by atoms with Crippen molar-refractivity contribution in [3.8, 4) is 5.06 Å². The monoisotopic (exact) mass is 201 g/mol. The van der Waals surface area contributed by atoms with Crippen molar-refractivity contribution >= 4 is 11.3 Å². The third-order valence-corrected chi connectivity index (χ3v) is 2.53. The standard InChI is InChI=1S/C9H15NOS.CH4/c1-10(2)6-3-4-8-5-7-12-9(8)11;/h5,7,11H,3-4,6H2,1-2H3;1H4. The Morgan fingerprint density at radius 3 is 2.62 bits per heavy atom. The van der Waals surface area contributed by atoms with Crippen LogP contribution in [0.4, 0.5) is 0 Å². The molecule has 1 aromatic heterocycles. The number of aromatic hydroxyl groups is 1. The summed E-state index contributed by atoms with van der Waals surface area (Å²) in [6, 6.07) is 2.00. The first kappa shape index (κ1) is 12.5. The van der Waals surface area contributed by atoms with Gasteiger partial charge in [-0.1, -0.05) is 7.43 Å². The first-order valence-electron chi connectivity index (χ1n) is 4.10. The maximum absolute atomic E-state index is 9.32. The summed E-state index contributed by atoms with van der Waals surface area (Å²) in [5.74, 6) is 0. The van der Waals surface area contributed by atoms with E-state index in [4.69, 9.17) is 0 Å². The van der Waals surface area contributed by atoms with E-state index < -0.39 is 0 Å². The lowest BCUT2D eigenvalue weighted by Crippen LogP contribution is -2.13. The number of rotatable bonds is 4.